The summed E-state index contributed by atoms with van der Waals surface area (Å²) < 4.78 is 3.79. The second-order valence-corrected chi connectivity index (χ2v) is 8.82. The van der Waals surface area contributed by atoms with Gasteiger partial charge in [0.2, 0.25) is 5.91 Å². The number of aromatic nitrogens is 3. The lowest BCUT2D eigenvalue weighted by Crippen LogP contribution is -2.49. The Morgan fingerprint density at radius 2 is 1.93 bits per heavy atom. The number of benzene rings is 1. The Morgan fingerprint density at radius 3 is 2.50 bits per heavy atom. The van der Waals surface area contributed by atoms with Crippen molar-refractivity contribution in [3.05, 3.63) is 76.0 Å². The average Bonchev–Trinajstić information content (AvgIpc) is 3.22. The second-order valence-electron chi connectivity index (χ2n) is 7.78. The van der Waals surface area contributed by atoms with Crippen LogP contribution in [0.4, 0.5) is 0 Å². The van der Waals surface area contributed by atoms with Crippen LogP contribution >= 0.6 is 23.1 Å². The summed E-state index contributed by atoms with van der Waals surface area (Å²) in [7, 11) is 0. The smallest absolute Gasteiger partial charge is 0.276 e. The Morgan fingerprint density at radius 1 is 1.20 bits per heavy atom. The van der Waals surface area contributed by atoms with Crippen molar-refractivity contribution in [1.29, 1.82) is 0 Å². The van der Waals surface area contributed by atoms with Crippen molar-refractivity contribution in [3.8, 4) is 0 Å². The van der Waals surface area contributed by atoms with E-state index < -0.39 is 17.5 Å². The number of nitrogens with one attached hydrogen (secondary N) is 1. The van der Waals surface area contributed by atoms with Gasteiger partial charge in [0, 0.05) is 34.9 Å². The molecule has 0 saturated carbocycles. The monoisotopic (exact) mass is 443 g/mol. The van der Waals surface area contributed by atoms with Gasteiger partial charge in [-0.3, -0.25) is 14.6 Å². The minimum Gasteiger partial charge on any atom is -0.349 e. The highest BCUT2D eigenvalue weighted by Gasteiger charge is 2.34. The highest BCUT2D eigenvalue weighted by molar-refractivity contribution is 7.03. The number of halogens is 1. The molecular formula is C21H22ClN5O2S. The van der Waals surface area contributed by atoms with Gasteiger partial charge < -0.3 is 10.2 Å². The molecule has 2 amide bonds. The van der Waals surface area contributed by atoms with Crippen LogP contribution < -0.4 is 5.32 Å². The van der Waals surface area contributed by atoms with E-state index in [4.69, 9.17) is 11.6 Å². The predicted molar refractivity (Wildman–Crippen MR) is 116 cm³/mol. The van der Waals surface area contributed by atoms with E-state index in [1.54, 1.807) is 48.1 Å². The third-order valence-electron chi connectivity index (χ3n) is 4.16. The molecule has 0 spiro atoms. The van der Waals surface area contributed by atoms with Crippen molar-refractivity contribution in [2.75, 3.05) is 0 Å². The van der Waals surface area contributed by atoms with Crippen LogP contribution in [0.5, 0.6) is 0 Å². The largest absolute Gasteiger partial charge is 0.349 e. The van der Waals surface area contributed by atoms with Crippen LogP contribution in [0.2, 0.25) is 5.02 Å². The van der Waals surface area contributed by atoms with Gasteiger partial charge in [0.05, 0.1) is 0 Å². The Kier molecular flexibility index (Phi) is 6.79. The summed E-state index contributed by atoms with van der Waals surface area (Å²) in [6, 6.07) is 9.64. The van der Waals surface area contributed by atoms with Crippen molar-refractivity contribution in [3.63, 3.8) is 0 Å². The van der Waals surface area contributed by atoms with E-state index >= 15 is 0 Å². The highest BCUT2D eigenvalue weighted by Crippen LogP contribution is 2.27. The average molecular weight is 444 g/mol. The van der Waals surface area contributed by atoms with E-state index in [2.05, 4.69) is 19.9 Å². The van der Waals surface area contributed by atoms with Crippen LogP contribution in [0, 0.1) is 0 Å². The summed E-state index contributed by atoms with van der Waals surface area (Å²) in [5, 5.41) is 9.01. The zero-order chi connectivity index (χ0) is 21.7. The normalized spacial score (nSPS) is 12.3. The van der Waals surface area contributed by atoms with Gasteiger partial charge in [-0.25, -0.2) is 0 Å². The van der Waals surface area contributed by atoms with E-state index in [0.29, 0.717) is 10.6 Å². The van der Waals surface area contributed by atoms with Crippen molar-refractivity contribution < 1.29 is 9.59 Å². The molecule has 9 heteroatoms. The Hall–Kier alpha value is -2.84. The molecule has 0 radical (unpaired) electrons. The number of amides is 2. The van der Waals surface area contributed by atoms with Gasteiger partial charge >= 0.3 is 0 Å². The van der Waals surface area contributed by atoms with Crippen LogP contribution in [0.15, 0.2) is 54.2 Å². The lowest BCUT2D eigenvalue weighted by Gasteiger charge is -2.33. The number of nitrogens with zero attached hydrogens (tertiary/aromatic N) is 4. The fourth-order valence-electron chi connectivity index (χ4n) is 2.93. The second kappa shape index (κ2) is 9.32. The molecule has 3 rings (SSSR count). The molecule has 2 aromatic heterocycles. The highest BCUT2D eigenvalue weighted by atomic mass is 35.5. The van der Waals surface area contributed by atoms with E-state index in [0.717, 1.165) is 17.1 Å². The van der Waals surface area contributed by atoms with E-state index in [-0.39, 0.29) is 18.1 Å². The summed E-state index contributed by atoms with van der Waals surface area (Å²) in [5.41, 5.74) is 1.14. The molecule has 30 heavy (non-hydrogen) atoms. The first-order valence-electron chi connectivity index (χ1n) is 9.29. The van der Waals surface area contributed by atoms with Gasteiger partial charge in [-0.05, 0) is 61.6 Å². The topological polar surface area (TPSA) is 88.1 Å². The van der Waals surface area contributed by atoms with Crippen LogP contribution in [-0.4, -0.2) is 36.8 Å². The SMILES string of the molecule is CC(C)(C)NC(=O)[C@@H](c1ccc(Cl)cc1)N(Cc1cccnc1)C(=O)c1csnn1. The molecule has 0 aliphatic heterocycles. The quantitative estimate of drug-likeness (QED) is 0.624. The van der Waals surface area contributed by atoms with Gasteiger partial charge in [0.1, 0.15) is 6.04 Å². The minimum atomic E-state index is -0.893. The number of carbonyl (C=O) groups excluding carboxylic acids is 2. The summed E-state index contributed by atoms with van der Waals surface area (Å²) in [5.74, 6) is -0.693. The number of carbonyl (C=O) groups is 2. The number of hydrogen-bond donors (Lipinski definition) is 1. The van der Waals surface area contributed by atoms with Crippen LogP contribution in [0.25, 0.3) is 0 Å². The summed E-state index contributed by atoms with van der Waals surface area (Å²) in [4.78, 5) is 32.3. The molecule has 2 heterocycles. The number of hydrogen-bond acceptors (Lipinski definition) is 6. The maximum absolute atomic E-state index is 13.4. The van der Waals surface area contributed by atoms with Gasteiger partial charge in [0.15, 0.2) is 5.69 Å². The first-order chi connectivity index (χ1) is 14.2. The lowest BCUT2D eigenvalue weighted by atomic mass is 10.0. The third-order valence-corrected chi connectivity index (χ3v) is 4.92. The molecule has 1 aromatic carbocycles. The van der Waals surface area contributed by atoms with Crippen LogP contribution in [0.1, 0.15) is 48.4 Å². The summed E-state index contributed by atoms with van der Waals surface area (Å²) >= 11 is 7.13. The Bertz CT molecular complexity index is 988. The molecule has 156 valence electrons. The van der Waals surface area contributed by atoms with Crippen molar-refractivity contribution in [1.82, 2.24) is 24.8 Å². The Balaban J connectivity index is 2.07. The predicted octanol–water partition coefficient (Wildman–Crippen LogP) is 3.88. The first kappa shape index (κ1) is 21.9. The number of rotatable bonds is 6. The molecule has 0 bridgehead atoms. The van der Waals surface area contributed by atoms with Crippen molar-refractivity contribution >= 4 is 34.9 Å². The molecule has 1 N–H and O–H groups in total. The van der Waals surface area contributed by atoms with E-state index in [1.165, 1.54) is 4.90 Å². The van der Waals surface area contributed by atoms with Gasteiger partial charge in [-0.15, -0.1) is 5.10 Å². The first-order valence-corrected chi connectivity index (χ1v) is 10.5. The number of pyridine rings is 1. The molecule has 0 aliphatic carbocycles. The molecule has 3 aromatic rings. The molecule has 0 unspecified atom stereocenters. The zero-order valence-electron chi connectivity index (χ0n) is 16.9. The van der Waals surface area contributed by atoms with Gasteiger partial charge in [-0.1, -0.05) is 34.3 Å². The molecule has 1 atom stereocenters. The molecule has 7 nitrogen and oxygen atoms in total. The maximum atomic E-state index is 13.4. The fraction of sp³-hybridized carbons (Fsp3) is 0.286. The minimum absolute atomic E-state index is 0.176. The van der Waals surface area contributed by atoms with Crippen molar-refractivity contribution in [2.24, 2.45) is 0 Å². The molecule has 0 saturated heterocycles. The van der Waals surface area contributed by atoms with Gasteiger partial charge in [0.25, 0.3) is 5.91 Å². The summed E-state index contributed by atoms with van der Waals surface area (Å²) in [6.45, 7) is 5.85. The maximum Gasteiger partial charge on any atom is 0.276 e. The van der Waals surface area contributed by atoms with E-state index in [1.807, 2.05) is 26.8 Å². The van der Waals surface area contributed by atoms with Gasteiger partial charge in [-0.2, -0.15) is 0 Å². The standard InChI is InChI=1S/C21H22ClN5O2S/c1-21(2,3)24-19(28)18(15-6-8-16(22)9-7-15)27(12-14-5-4-10-23-11-14)20(29)17-13-30-26-25-17/h4-11,13,18H,12H2,1-3H3,(H,24,28)/t18-/m1/s1. The fourth-order valence-corrected chi connectivity index (χ4v) is 3.49. The Labute approximate surface area is 184 Å². The third kappa shape index (κ3) is 5.61. The lowest BCUT2D eigenvalue weighted by molar-refractivity contribution is -0.127. The van der Waals surface area contributed by atoms with Crippen molar-refractivity contribution in [2.45, 2.75) is 38.9 Å². The van der Waals surface area contributed by atoms with Crippen LogP contribution in [-0.2, 0) is 11.3 Å². The molecular weight excluding hydrogens is 422 g/mol. The van der Waals surface area contributed by atoms with Crippen LogP contribution in [0.3, 0.4) is 0 Å². The molecule has 0 fully saturated rings. The summed E-state index contributed by atoms with van der Waals surface area (Å²) in [6.07, 6.45) is 3.32. The zero-order valence-corrected chi connectivity index (χ0v) is 18.4. The van der Waals surface area contributed by atoms with E-state index in [9.17, 15) is 9.59 Å². The molecule has 0 aliphatic rings.